The van der Waals surface area contributed by atoms with Crippen molar-refractivity contribution in [2.45, 2.75) is 95.8 Å². The van der Waals surface area contributed by atoms with Gasteiger partial charge in [0.25, 0.3) is 0 Å². The number of hydrogen-bond acceptors (Lipinski definition) is 2. The Hall–Kier alpha value is 0.210. The van der Waals surface area contributed by atoms with Crippen LogP contribution in [0.5, 0.6) is 0 Å². The maximum Gasteiger partial charge on any atom is 0.0144 e. The number of hydrogen-bond donors (Lipinski definition) is 2. The van der Waals surface area contributed by atoms with Gasteiger partial charge in [-0.05, 0) is 96.3 Å². The second-order valence-corrected chi connectivity index (χ2v) is 10.1. The Kier molecular flexibility index (Phi) is 4.37. The Morgan fingerprint density at radius 1 is 0.773 bits per heavy atom. The van der Waals surface area contributed by atoms with Crippen molar-refractivity contribution in [3.05, 3.63) is 0 Å². The van der Waals surface area contributed by atoms with E-state index in [0.717, 1.165) is 29.7 Å². The molecule has 0 spiro atoms. The monoisotopic (exact) mass is 326 g/mol. The van der Waals surface area contributed by atoms with E-state index in [1.165, 1.54) is 38.5 Å². The minimum atomic E-state index is 0. The number of halogens is 1. The zero-order valence-electron chi connectivity index (χ0n) is 14.8. The lowest BCUT2D eigenvalue weighted by molar-refractivity contribution is -0.0234. The topological polar surface area (TPSA) is 24.1 Å². The first-order chi connectivity index (χ1) is 9.80. The first-order valence-electron chi connectivity index (χ1n) is 9.35. The van der Waals surface area contributed by atoms with E-state index in [1.54, 1.807) is 6.42 Å². The molecular weight excluding hydrogens is 292 g/mol. The molecule has 0 aromatic carbocycles. The summed E-state index contributed by atoms with van der Waals surface area (Å²) in [6.45, 7) is 9.50. The van der Waals surface area contributed by atoms with E-state index < -0.39 is 0 Å². The van der Waals surface area contributed by atoms with E-state index in [4.69, 9.17) is 0 Å². The number of rotatable bonds is 2. The highest BCUT2D eigenvalue weighted by atomic mass is 35.5. The third kappa shape index (κ3) is 3.21. The quantitative estimate of drug-likeness (QED) is 0.797. The van der Waals surface area contributed by atoms with Crippen LogP contribution < -0.4 is 10.6 Å². The summed E-state index contributed by atoms with van der Waals surface area (Å²) in [4.78, 5) is 0. The summed E-state index contributed by atoms with van der Waals surface area (Å²) in [6.07, 6.45) is 10.2. The molecule has 22 heavy (non-hydrogen) atoms. The van der Waals surface area contributed by atoms with Crippen LogP contribution in [0.15, 0.2) is 0 Å². The van der Waals surface area contributed by atoms with Gasteiger partial charge in [0, 0.05) is 23.2 Å². The predicted octanol–water partition coefficient (Wildman–Crippen LogP) is 4.13. The van der Waals surface area contributed by atoms with Gasteiger partial charge in [-0.2, -0.15) is 0 Å². The highest BCUT2D eigenvalue weighted by Crippen LogP contribution is 2.54. The summed E-state index contributed by atoms with van der Waals surface area (Å²) in [6, 6.07) is 1.55. The van der Waals surface area contributed by atoms with Crippen LogP contribution in [0.1, 0.15) is 72.6 Å². The molecule has 5 rings (SSSR count). The third-order valence-electron chi connectivity index (χ3n) is 6.85. The molecule has 1 heterocycles. The molecule has 1 saturated heterocycles. The molecule has 128 valence electrons. The average molecular weight is 327 g/mol. The lowest BCUT2D eigenvalue weighted by Crippen LogP contribution is -2.65. The van der Waals surface area contributed by atoms with Crippen LogP contribution in [-0.4, -0.2) is 23.2 Å². The largest absolute Gasteiger partial charge is 0.311 e. The fourth-order valence-corrected chi connectivity index (χ4v) is 6.91. The highest BCUT2D eigenvalue weighted by Gasteiger charge is 2.49. The summed E-state index contributed by atoms with van der Waals surface area (Å²) in [5, 5.41) is 8.00. The smallest absolute Gasteiger partial charge is 0.0144 e. The van der Waals surface area contributed by atoms with E-state index in [0.29, 0.717) is 6.04 Å². The second kappa shape index (κ2) is 5.63. The summed E-state index contributed by atoms with van der Waals surface area (Å²) >= 11 is 0. The predicted molar refractivity (Wildman–Crippen MR) is 95.5 cm³/mol. The first kappa shape index (κ1) is 17.0. The maximum absolute atomic E-state index is 4.17. The van der Waals surface area contributed by atoms with Crippen LogP contribution in [-0.2, 0) is 0 Å². The lowest BCUT2D eigenvalue weighted by atomic mass is 9.54. The Morgan fingerprint density at radius 3 is 1.68 bits per heavy atom. The maximum atomic E-state index is 4.17. The van der Waals surface area contributed by atoms with E-state index >= 15 is 0 Å². The summed E-state index contributed by atoms with van der Waals surface area (Å²) in [5.41, 5.74) is 0.538. The van der Waals surface area contributed by atoms with Gasteiger partial charge in [0.2, 0.25) is 0 Å². The summed E-state index contributed by atoms with van der Waals surface area (Å²) in [7, 11) is 0. The van der Waals surface area contributed by atoms with Gasteiger partial charge in [-0.1, -0.05) is 0 Å². The lowest BCUT2D eigenvalue weighted by Gasteiger charge is -2.56. The Bertz CT molecular complexity index is 374. The molecule has 2 N–H and O–H groups in total. The van der Waals surface area contributed by atoms with Crippen molar-refractivity contribution in [3.63, 3.8) is 0 Å². The molecular formula is C19H35ClN2. The molecule has 3 heteroatoms. The fourth-order valence-electron chi connectivity index (χ4n) is 6.91. The van der Waals surface area contributed by atoms with E-state index in [9.17, 15) is 0 Å². The van der Waals surface area contributed by atoms with Crippen LogP contribution in [0.4, 0.5) is 0 Å². The van der Waals surface area contributed by atoms with Crippen molar-refractivity contribution in [2.75, 3.05) is 0 Å². The van der Waals surface area contributed by atoms with Crippen molar-refractivity contribution >= 4 is 12.4 Å². The van der Waals surface area contributed by atoms with Crippen molar-refractivity contribution in [3.8, 4) is 0 Å². The zero-order chi connectivity index (χ0) is 14.8. The molecule has 0 aromatic rings. The van der Waals surface area contributed by atoms with Gasteiger partial charge in [0.15, 0.2) is 0 Å². The Balaban J connectivity index is 0.00000144. The Morgan fingerprint density at radius 2 is 1.23 bits per heavy atom. The summed E-state index contributed by atoms with van der Waals surface area (Å²) in [5.74, 6) is 4.18. The van der Waals surface area contributed by atoms with Crippen molar-refractivity contribution in [1.82, 2.24) is 10.6 Å². The van der Waals surface area contributed by atoms with Gasteiger partial charge in [0.1, 0.15) is 0 Å². The van der Waals surface area contributed by atoms with E-state index in [1.807, 2.05) is 0 Å². The van der Waals surface area contributed by atoms with Gasteiger partial charge >= 0.3 is 0 Å². The fraction of sp³-hybridized carbons (Fsp3) is 1.00. The number of nitrogens with one attached hydrogen (secondary N) is 2. The molecule has 5 fully saturated rings. The molecule has 5 aliphatic rings. The summed E-state index contributed by atoms with van der Waals surface area (Å²) < 4.78 is 0. The van der Waals surface area contributed by atoms with Crippen LogP contribution in [0.25, 0.3) is 0 Å². The minimum Gasteiger partial charge on any atom is -0.311 e. The molecule has 0 aromatic heterocycles. The van der Waals surface area contributed by atoms with Crippen LogP contribution in [0.3, 0.4) is 0 Å². The van der Waals surface area contributed by atoms with Crippen LogP contribution >= 0.6 is 12.4 Å². The minimum absolute atomic E-state index is 0. The average Bonchev–Trinajstić information content (AvgIpc) is 2.28. The molecule has 2 nitrogen and oxygen atoms in total. The van der Waals surface area contributed by atoms with Crippen molar-refractivity contribution < 1.29 is 0 Å². The molecule has 0 radical (unpaired) electrons. The van der Waals surface area contributed by atoms with Gasteiger partial charge in [0.05, 0.1) is 0 Å². The van der Waals surface area contributed by atoms with E-state index in [2.05, 4.69) is 38.3 Å². The van der Waals surface area contributed by atoms with Crippen molar-refractivity contribution in [1.29, 1.82) is 0 Å². The first-order valence-corrected chi connectivity index (χ1v) is 9.35. The molecule has 4 bridgehead atoms. The standard InChI is InChI=1S/C19H34N2.ClH/c1-18(2)10-16(11-19(3,4)21-18)20-17-14-6-12-5-13(8-14)9-15(17)7-12;/h12-17,20-21H,5-11H2,1-4H3;1H. The molecule has 0 amide bonds. The Labute approximate surface area is 143 Å². The molecule has 1 aliphatic heterocycles. The van der Waals surface area contributed by atoms with E-state index in [-0.39, 0.29) is 23.5 Å². The van der Waals surface area contributed by atoms with Gasteiger partial charge in [-0.25, -0.2) is 0 Å². The van der Waals surface area contributed by atoms with Crippen molar-refractivity contribution in [2.24, 2.45) is 23.7 Å². The molecule has 4 aliphatic carbocycles. The van der Waals surface area contributed by atoms with Crippen LogP contribution in [0.2, 0.25) is 0 Å². The number of piperidine rings is 1. The van der Waals surface area contributed by atoms with Gasteiger partial charge < -0.3 is 10.6 Å². The highest BCUT2D eigenvalue weighted by molar-refractivity contribution is 5.85. The normalized spacial score (nSPS) is 45.5. The van der Waals surface area contributed by atoms with Gasteiger partial charge in [-0.15, -0.1) is 12.4 Å². The van der Waals surface area contributed by atoms with Gasteiger partial charge in [-0.3, -0.25) is 0 Å². The second-order valence-electron chi connectivity index (χ2n) is 10.1. The van der Waals surface area contributed by atoms with Crippen LogP contribution in [0, 0.1) is 23.7 Å². The molecule has 0 atom stereocenters. The molecule has 4 saturated carbocycles. The molecule has 0 unspecified atom stereocenters. The zero-order valence-corrected chi connectivity index (χ0v) is 15.6. The third-order valence-corrected chi connectivity index (χ3v) is 6.85. The SMILES string of the molecule is CC1(C)CC(NC2C3CC4CC(C3)CC2C4)CC(C)(C)N1.Cl.